The fourth-order valence-corrected chi connectivity index (χ4v) is 4.75. The summed E-state index contributed by atoms with van der Waals surface area (Å²) in [7, 11) is -3.37. The summed E-state index contributed by atoms with van der Waals surface area (Å²) in [6, 6.07) is 16.1. The van der Waals surface area contributed by atoms with Gasteiger partial charge in [-0.05, 0) is 61.7 Å². The van der Waals surface area contributed by atoms with Crippen molar-refractivity contribution >= 4 is 33.1 Å². The molecule has 0 N–H and O–H groups in total. The summed E-state index contributed by atoms with van der Waals surface area (Å²) in [6.45, 7) is 6.31. The molecule has 1 aliphatic rings. The lowest BCUT2D eigenvalue weighted by atomic mass is 9.97. The average Bonchev–Trinajstić information content (AvgIpc) is 2.74. The van der Waals surface area contributed by atoms with Gasteiger partial charge in [-0.15, -0.1) is 0 Å². The van der Waals surface area contributed by atoms with Crippen molar-refractivity contribution in [3.05, 3.63) is 65.2 Å². The van der Waals surface area contributed by atoms with Gasteiger partial charge in [-0.25, -0.2) is 8.42 Å². The van der Waals surface area contributed by atoms with Crippen LogP contribution in [0.2, 0.25) is 5.02 Å². The number of hydrogen-bond donors (Lipinski definition) is 0. The first kappa shape index (κ1) is 24.4. The molecule has 0 saturated carbocycles. The fraction of sp³-hybridized carbons (Fsp3) is 0.435. The molecule has 0 spiro atoms. The van der Waals surface area contributed by atoms with Crippen LogP contribution < -0.4 is 4.31 Å². The standard InChI is InChI=1S/C21H25ClN2O3S.C2H6/c1-28(26,27)24(20-7-3-2-4-8-20)15-17-6-5-13-23(14-17)16-21(25)18-9-11-19(22)12-10-18;1-2/h2-4,7-12,17H,5-6,13-16H2,1H3;1-2H3. The van der Waals surface area contributed by atoms with Gasteiger partial charge in [0.25, 0.3) is 0 Å². The number of ketones is 1. The molecule has 1 aliphatic heterocycles. The molecule has 1 atom stereocenters. The molecule has 0 radical (unpaired) electrons. The fourth-order valence-electron chi connectivity index (χ4n) is 3.64. The predicted octanol–water partition coefficient (Wildman–Crippen LogP) is 4.73. The second-order valence-electron chi connectivity index (χ2n) is 7.30. The van der Waals surface area contributed by atoms with Gasteiger partial charge in [0.1, 0.15) is 0 Å². The number of anilines is 1. The number of rotatable bonds is 7. The van der Waals surface area contributed by atoms with E-state index in [0.717, 1.165) is 19.4 Å². The topological polar surface area (TPSA) is 57.7 Å². The third-order valence-electron chi connectivity index (χ3n) is 5.01. The van der Waals surface area contributed by atoms with Crippen LogP contribution in [0.15, 0.2) is 54.6 Å². The maximum absolute atomic E-state index is 12.5. The monoisotopic (exact) mass is 450 g/mol. The highest BCUT2D eigenvalue weighted by molar-refractivity contribution is 7.92. The van der Waals surface area contributed by atoms with Crippen molar-refractivity contribution in [1.82, 2.24) is 4.90 Å². The first-order valence-electron chi connectivity index (χ1n) is 10.4. The number of para-hydroxylation sites is 1. The minimum atomic E-state index is -3.37. The summed E-state index contributed by atoms with van der Waals surface area (Å²) < 4.78 is 26.1. The maximum atomic E-state index is 12.5. The quantitative estimate of drug-likeness (QED) is 0.572. The Morgan fingerprint density at radius 2 is 1.73 bits per heavy atom. The third kappa shape index (κ3) is 7.11. The molecule has 5 nitrogen and oxygen atoms in total. The Balaban J connectivity index is 0.00000155. The van der Waals surface area contributed by atoms with Crippen molar-refractivity contribution in [3.8, 4) is 0 Å². The number of benzene rings is 2. The Kier molecular flexibility index (Phi) is 9.34. The van der Waals surface area contributed by atoms with Crippen LogP contribution in [0.4, 0.5) is 5.69 Å². The van der Waals surface area contributed by atoms with Crippen molar-refractivity contribution in [2.45, 2.75) is 26.7 Å². The van der Waals surface area contributed by atoms with E-state index in [4.69, 9.17) is 11.6 Å². The number of nitrogens with zero attached hydrogens (tertiary/aromatic N) is 2. The van der Waals surface area contributed by atoms with E-state index in [0.29, 0.717) is 35.9 Å². The molecule has 1 heterocycles. The van der Waals surface area contributed by atoms with Gasteiger partial charge >= 0.3 is 0 Å². The van der Waals surface area contributed by atoms with E-state index < -0.39 is 10.0 Å². The lowest BCUT2D eigenvalue weighted by Crippen LogP contribution is -2.44. The molecule has 30 heavy (non-hydrogen) atoms. The molecule has 1 unspecified atom stereocenters. The summed E-state index contributed by atoms with van der Waals surface area (Å²) in [6.07, 6.45) is 3.14. The van der Waals surface area contributed by atoms with Gasteiger partial charge in [0.2, 0.25) is 10.0 Å². The highest BCUT2D eigenvalue weighted by Gasteiger charge is 2.27. The zero-order chi connectivity index (χ0) is 22.1. The SMILES string of the molecule is CC.CS(=O)(=O)N(CC1CCCN(CC(=O)c2ccc(Cl)cc2)C1)c1ccccc1. The van der Waals surface area contributed by atoms with Crippen LogP contribution in [0, 0.1) is 5.92 Å². The van der Waals surface area contributed by atoms with Gasteiger partial charge in [0.15, 0.2) is 5.78 Å². The minimum Gasteiger partial charge on any atom is -0.295 e. The van der Waals surface area contributed by atoms with E-state index in [1.807, 2.05) is 44.2 Å². The van der Waals surface area contributed by atoms with E-state index in [9.17, 15) is 13.2 Å². The van der Waals surface area contributed by atoms with Crippen LogP contribution >= 0.6 is 11.6 Å². The first-order valence-corrected chi connectivity index (χ1v) is 12.6. The van der Waals surface area contributed by atoms with E-state index in [1.54, 1.807) is 24.3 Å². The number of Topliss-reactive ketones (excluding diaryl/α,β-unsaturated/α-hetero) is 1. The normalized spacial score (nSPS) is 17.0. The molecule has 2 aromatic carbocycles. The Morgan fingerprint density at radius 1 is 1.10 bits per heavy atom. The average molecular weight is 451 g/mol. The van der Waals surface area contributed by atoms with Crippen LogP contribution in [-0.4, -0.2) is 51.5 Å². The van der Waals surface area contributed by atoms with E-state index in [2.05, 4.69) is 4.90 Å². The molecular weight excluding hydrogens is 420 g/mol. The third-order valence-corrected chi connectivity index (χ3v) is 6.42. The molecule has 0 amide bonds. The van der Waals surface area contributed by atoms with Crippen LogP contribution in [0.25, 0.3) is 0 Å². The number of sulfonamides is 1. The summed E-state index contributed by atoms with van der Waals surface area (Å²) in [5.41, 5.74) is 1.33. The number of hydrogen-bond acceptors (Lipinski definition) is 4. The van der Waals surface area contributed by atoms with E-state index in [1.165, 1.54) is 10.6 Å². The molecule has 3 rings (SSSR count). The highest BCUT2D eigenvalue weighted by Crippen LogP contribution is 2.24. The Hall–Kier alpha value is -1.89. The summed E-state index contributed by atoms with van der Waals surface area (Å²) in [5.74, 6) is 0.238. The summed E-state index contributed by atoms with van der Waals surface area (Å²) in [5, 5.41) is 0.608. The van der Waals surface area contributed by atoms with E-state index in [-0.39, 0.29) is 11.7 Å². The second-order valence-corrected chi connectivity index (χ2v) is 9.65. The zero-order valence-electron chi connectivity index (χ0n) is 17.9. The molecule has 7 heteroatoms. The van der Waals surface area contributed by atoms with Gasteiger partial charge in [-0.2, -0.15) is 0 Å². The number of likely N-dealkylation sites (tertiary alicyclic amines) is 1. The Labute approximate surface area is 185 Å². The van der Waals surface area contributed by atoms with Gasteiger partial charge in [0, 0.05) is 23.7 Å². The largest absolute Gasteiger partial charge is 0.295 e. The van der Waals surface area contributed by atoms with Gasteiger partial charge < -0.3 is 0 Å². The maximum Gasteiger partial charge on any atom is 0.232 e. The van der Waals surface area contributed by atoms with Crippen LogP contribution in [0.5, 0.6) is 0 Å². The van der Waals surface area contributed by atoms with Gasteiger partial charge in [-0.1, -0.05) is 43.6 Å². The smallest absolute Gasteiger partial charge is 0.232 e. The molecule has 1 fully saturated rings. The number of halogens is 1. The predicted molar refractivity (Wildman–Crippen MR) is 125 cm³/mol. The Morgan fingerprint density at radius 3 is 2.33 bits per heavy atom. The Bertz CT molecular complexity index is 902. The minimum absolute atomic E-state index is 0.0559. The van der Waals surface area contributed by atoms with Gasteiger partial charge in [-0.3, -0.25) is 14.0 Å². The molecule has 0 aromatic heterocycles. The van der Waals surface area contributed by atoms with Crippen molar-refractivity contribution in [1.29, 1.82) is 0 Å². The van der Waals surface area contributed by atoms with Gasteiger partial charge in [0.05, 0.1) is 18.5 Å². The molecule has 0 bridgehead atoms. The number of piperidine rings is 1. The van der Waals surface area contributed by atoms with Crippen LogP contribution in [0.3, 0.4) is 0 Å². The lowest BCUT2D eigenvalue weighted by Gasteiger charge is -2.35. The lowest BCUT2D eigenvalue weighted by molar-refractivity contribution is 0.0889. The summed E-state index contributed by atoms with van der Waals surface area (Å²) >= 11 is 5.89. The van der Waals surface area contributed by atoms with Crippen LogP contribution in [-0.2, 0) is 10.0 Å². The molecule has 2 aromatic rings. The number of carbonyl (C=O) groups excluding carboxylic acids is 1. The van der Waals surface area contributed by atoms with Crippen LogP contribution in [0.1, 0.15) is 37.0 Å². The van der Waals surface area contributed by atoms with Crippen molar-refractivity contribution in [2.75, 3.05) is 36.7 Å². The number of carbonyl (C=O) groups is 1. The van der Waals surface area contributed by atoms with Crippen molar-refractivity contribution in [2.24, 2.45) is 5.92 Å². The second kappa shape index (κ2) is 11.5. The molecule has 1 saturated heterocycles. The zero-order valence-corrected chi connectivity index (χ0v) is 19.5. The molecule has 164 valence electrons. The van der Waals surface area contributed by atoms with Crippen molar-refractivity contribution in [3.63, 3.8) is 0 Å². The van der Waals surface area contributed by atoms with Crippen molar-refractivity contribution < 1.29 is 13.2 Å². The highest BCUT2D eigenvalue weighted by atomic mass is 35.5. The molecule has 0 aliphatic carbocycles. The summed E-state index contributed by atoms with van der Waals surface area (Å²) in [4.78, 5) is 14.7. The molecular formula is C23H31ClN2O3S. The van der Waals surface area contributed by atoms with E-state index >= 15 is 0 Å². The first-order chi connectivity index (χ1) is 14.3.